The van der Waals surface area contributed by atoms with Gasteiger partial charge in [0.1, 0.15) is 5.82 Å². The molecule has 2 rings (SSSR count). The number of nitrogens with two attached hydrogens (primary N) is 1. The zero-order chi connectivity index (χ0) is 12.3. The highest BCUT2D eigenvalue weighted by Crippen LogP contribution is 2.23. The van der Waals surface area contributed by atoms with Crippen molar-refractivity contribution in [1.82, 2.24) is 0 Å². The van der Waals surface area contributed by atoms with Crippen LogP contribution in [0.15, 0.2) is 18.2 Å². The van der Waals surface area contributed by atoms with Gasteiger partial charge in [-0.2, -0.15) is 0 Å². The average molecular weight is 238 g/mol. The number of halogens is 1. The van der Waals surface area contributed by atoms with Crippen LogP contribution in [-0.2, 0) is 4.74 Å². The Bertz CT molecular complexity index is 374. The molecule has 0 unspecified atom stereocenters. The van der Waals surface area contributed by atoms with Crippen molar-refractivity contribution in [2.24, 2.45) is 5.73 Å². The minimum absolute atomic E-state index is 0.133. The third-order valence-electron chi connectivity index (χ3n) is 3.06. The summed E-state index contributed by atoms with van der Waals surface area (Å²) in [5.74, 6) is -0.193. The molecule has 0 amide bonds. The first kappa shape index (κ1) is 12.3. The van der Waals surface area contributed by atoms with Gasteiger partial charge in [-0.1, -0.05) is 6.07 Å². The maximum atomic E-state index is 14.0. The molecular formula is C13H19FN2O. The second-order valence-corrected chi connectivity index (χ2v) is 4.45. The van der Waals surface area contributed by atoms with Gasteiger partial charge < -0.3 is 15.4 Å². The van der Waals surface area contributed by atoms with E-state index in [-0.39, 0.29) is 11.9 Å². The molecule has 0 saturated carbocycles. The van der Waals surface area contributed by atoms with Gasteiger partial charge >= 0.3 is 0 Å². The predicted molar refractivity (Wildman–Crippen MR) is 66.7 cm³/mol. The smallest absolute Gasteiger partial charge is 0.146 e. The predicted octanol–water partition coefficient (Wildman–Crippen LogP) is 2.07. The van der Waals surface area contributed by atoms with Crippen LogP contribution in [-0.4, -0.2) is 26.3 Å². The fourth-order valence-electron chi connectivity index (χ4n) is 2.05. The van der Waals surface area contributed by atoms with E-state index in [2.05, 4.69) is 0 Å². The SMILES string of the molecule is C[C@@H](N)c1ccc(N2CCCOCC2)c(F)c1. The van der Waals surface area contributed by atoms with E-state index in [0.717, 1.165) is 31.7 Å². The van der Waals surface area contributed by atoms with Gasteiger partial charge in [0.05, 0.1) is 12.3 Å². The fraction of sp³-hybridized carbons (Fsp3) is 0.538. The van der Waals surface area contributed by atoms with Gasteiger partial charge in [-0.25, -0.2) is 4.39 Å². The molecule has 1 aliphatic heterocycles. The molecule has 1 aliphatic rings. The monoisotopic (exact) mass is 238 g/mol. The van der Waals surface area contributed by atoms with Crippen LogP contribution in [0.3, 0.4) is 0 Å². The van der Waals surface area contributed by atoms with E-state index in [1.165, 1.54) is 6.07 Å². The molecule has 1 atom stereocenters. The Balaban J connectivity index is 2.19. The van der Waals surface area contributed by atoms with E-state index in [4.69, 9.17) is 10.5 Å². The quantitative estimate of drug-likeness (QED) is 0.857. The summed E-state index contributed by atoms with van der Waals surface area (Å²) >= 11 is 0. The third-order valence-corrected chi connectivity index (χ3v) is 3.06. The molecule has 1 saturated heterocycles. The van der Waals surface area contributed by atoms with Crippen molar-refractivity contribution in [2.45, 2.75) is 19.4 Å². The first-order chi connectivity index (χ1) is 8.18. The number of ether oxygens (including phenoxy) is 1. The molecule has 1 fully saturated rings. The van der Waals surface area contributed by atoms with Gasteiger partial charge in [-0.15, -0.1) is 0 Å². The molecule has 0 aromatic heterocycles. The van der Waals surface area contributed by atoms with E-state index < -0.39 is 0 Å². The van der Waals surface area contributed by atoms with E-state index in [0.29, 0.717) is 12.3 Å². The van der Waals surface area contributed by atoms with Gasteiger partial charge in [-0.3, -0.25) is 0 Å². The van der Waals surface area contributed by atoms with Crippen LogP contribution in [0.4, 0.5) is 10.1 Å². The van der Waals surface area contributed by atoms with Gasteiger partial charge in [0.15, 0.2) is 0 Å². The summed E-state index contributed by atoms with van der Waals surface area (Å²) in [5, 5.41) is 0. The zero-order valence-corrected chi connectivity index (χ0v) is 10.2. The van der Waals surface area contributed by atoms with E-state index in [1.54, 1.807) is 0 Å². The Hall–Kier alpha value is -1.13. The molecular weight excluding hydrogens is 219 g/mol. The summed E-state index contributed by atoms with van der Waals surface area (Å²) in [7, 11) is 0. The van der Waals surface area contributed by atoms with E-state index in [9.17, 15) is 4.39 Å². The van der Waals surface area contributed by atoms with Crippen LogP contribution >= 0.6 is 0 Å². The summed E-state index contributed by atoms with van der Waals surface area (Å²) in [6, 6.07) is 5.12. The van der Waals surface area contributed by atoms with Crippen molar-refractivity contribution < 1.29 is 9.13 Å². The highest BCUT2D eigenvalue weighted by Gasteiger charge is 2.14. The van der Waals surface area contributed by atoms with Crippen LogP contribution in [0.25, 0.3) is 0 Å². The average Bonchev–Trinajstić information content (AvgIpc) is 2.57. The minimum atomic E-state index is -0.193. The number of hydrogen-bond acceptors (Lipinski definition) is 3. The number of hydrogen-bond donors (Lipinski definition) is 1. The normalized spacial score (nSPS) is 18.9. The van der Waals surface area contributed by atoms with Gasteiger partial charge in [0.2, 0.25) is 0 Å². The molecule has 1 aromatic rings. The second-order valence-electron chi connectivity index (χ2n) is 4.45. The summed E-state index contributed by atoms with van der Waals surface area (Å²) in [6.07, 6.45) is 0.939. The zero-order valence-electron chi connectivity index (χ0n) is 10.2. The first-order valence-corrected chi connectivity index (χ1v) is 6.06. The highest BCUT2D eigenvalue weighted by atomic mass is 19.1. The van der Waals surface area contributed by atoms with Crippen molar-refractivity contribution in [1.29, 1.82) is 0 Å². The molecule has 0 aliphatic carbocycles. The van der Waals surface area contributed by atoms with Crippen molar-refractivity contribution in [2.75, 3.05) is 31.2 Å². The van der Waals surface area contributed by atoms with Gasteiger partial charge in [0.25, 0.3) is 0 Å². The Morgan fingerprint density at radius 3 is 2.88 bits per heavy atom. The topological polar surface area (TPSA) is 38.5 Å². The maximum absolute atomic E-state index is 14.0. The Labute approximate surface area is 101 Å². The molecule has 4 heteroatoms. The second kappa shape index (κ2) is 5.47. The molecule has 0 radical (unpaired) electrons. The lowest BCUT2D eigenvalue weighted by Gasteiger charge is -2.23. The highest BCUT2D eigenvalue weighted by molar-refractivity contribution is 5.49. The number of benzene rings is 1. The standard InChI is InChI=1S/C13H19FN2O/c1-10(15)11-3-4-13(12(14)9-11)16-5-2-7-17-8-6-16/h3-4,9-10H,2,5-8,15H2,1H3/t10-/m1/s1. The van der Waals surface area contributed by atoms with Crippen LogP contribution in [0.1, 0.15) is 24.9 Å². The van der Waals surface area contributed by atoms with Crippen LogP contribution in [0.5, 0.6) is 0 Å². The number of rotatable bonds is 2. The molecule has 94 valence electrons. The molecule has 3 nitrogen and oxygen atoms in total. The lowest BCUT2D eigenvalue weighted by atomic mass is 10.1. The molecule has 2 N–H and O–H groups in total. The molecule has 0 bridgehead atoms. The number of anilines is 1. The summed E-state index contributed by atoms with van der Waals surface area (Å²) < 4.78 is 19.4. The van der Waals surface area contributed by atoms with E-state index in [1.807, 2.05) is 24.0 Å². The summed E-state index contributed by atoms with van der Waals surface area (Å²) in [5.41, 5.74) is 7.22. The lowest BCUT2D eigenvalue weighted by Crippen LogP contribution is -2.26. The molecule has 1 heterocycles. The Kier molecular flexibility index (Phi) is 3.97. The molecule has 0 spiro atoms. The summed E-state index contributed by atoms with van der Waals surface area (Å²) in [6.45, 7) is 4.86. The van der Waals surface area contributed by atoms with Gasteiger partial charge in [-0.05, 0) is 31.0 Å². The maximum Gasteiger partial charge on any atom is 0.146 e. The Morgan fingerprint density at radius 2 is 2.18 bits per heavy atom. The third kappa shape index (κ3) is 2.96. The van der Waals surface area contributed by atoms with Crippen molar-refractivity contribution in [3.8, 4) is 0 Å². The minimum Gasteiger partial charge on any atom is -0.380 e. The fourth-order valence-corrected chi connectivity index (χ4v) is 2.05. The van der Waals surface area contributed by atoms with Gasteiger partial charge in [0, 0.05) is 25.7 Å². The van der Waals surface area contributed by atoms with Crippen LogP contribution < -0.4 is 10.6 Å². The van der Waals surface area contributed by atoms with Crippen LogP contribution in [0.2, 0.25) is 0 Å². The molecule has 17 heavy (non-hydrogen) atoms. The first-order valence-electron chi connectivity index (χ1n) is 6.06. The van der Waals surface area contributed by atoms with Crippen molar-refractivity contribution >= 4 is 5.69 Å². The van der Waals surface area contributed by atoms with Crippen molar-refractivity contribution in [3.63, 3.8) is 0 Å². The lowest BCUT2D eigenvalue weighted by molar-refractivity contribution is 0.152. The Morgan fingerprint density at radius 1 is 1.35 bits per heavy atom. The number of nitrogens with zero attached hydrogens (tertiary/aromatic N) is 1. The summed E-state index contributed by atoms with van der Waals surface area (Å²) in [4.78, 5) is 2.04. The van der Waals surface area contributed by atoms with Crippen molar-refractivity contribution in [3.05, 3.63) is 29.6 Å². The largest absolute Gasteiger partial charge is 0.380 e. The molecule has 1 aromatic carbocycles. The van der Waals surface area contributed by atoms with E-state index >= 15 is 0 Å². The van der Waals surface area contributed by atoms with Crippen LogP contribution in [0, 0.1) is 5.82 Å².